The molecular formula is C16H23N3O. The molecule has 0 unspecified atom stereocenters. The summed E-state index contributed by atoms with van der Waals surface area (Å²) in [5.74, 6) is 0.883. The second-order valence-electron chi connectivity index (χ2n) is 4.94. The van der Waals surface area contributed by atoms with Gasteiger partial charge in [0.1, 0.15) is 0 Å². The summed E-state index contributed by atoms with van der Waals surface area (Å²) in [5.41, 5.74) is 3.61. The van der Waals surface area contributed by atoms with Gasteiger partial charge in [-0.15, -0.1) is 0 Å². The molecule has 0 aliphatic carbocycles. The second-order valence-corrected chi connectivity index (χ2v) is 4.94. The number of hydrogen-bond acceptors (Lipinski definition) is 3. The van der Waals surface area contributed by atoms with Crippen molar-refractivity contribution in [2.45, 2.75) is 33.7 Å². The number of aromatic nitrogens is 2. The van der Waals surface area contributed by atoms with Gasteiger partial charge in [0.2, 0.25) is 5.95 Å². The molecule has 4 heteroatoms. The SMILES string of the molecule is CCOCCCn1ccnc1Nc1ccc(C)cc1C. The van der Waals surface area contributed by atoms with Crippen LogP contribution in [0.1, 0.15) is 24.5 Å². The van der Waals surface area contributed by atoms with Gasteiger partial charge in [-0.05, 0) is 38.8 Å². The van der Waals surface area contributed by atoms with E-state index >= 15 is 0 Å². The van der Waals surface area contributed by atoms with Crippen LogP contribution in [0.5, 0.6) is 0 Å². The predicted octanol–water partition coefficient (Wildman–Crippen LogP) is 3.67. The third-order valence-electron chi connectivity index (χ3n) is 3.24. The highest BCUT2D eigenvalue weighted by molar-refractivity contribution is 5.59. The highest BCUT2D eigenvalue weighted by Gasteiger charge is 2.05. The average Bonchev–Trinajstić information content (AvgIpc) is 2.85. The third kappa shape index (κ3) is 3.84. The number of nitrogens with zero attached hydrogens (tertiary/aromatic N) is 2. The number of ether oxygens (including phenoxy) is 1. The molecule has 0 spiro atoms. The Kier molecular flexibility index (Phi) is 5.18. The van der Waals surface area contributed by atoms with E-state index in [-0.39, 0.29) is 0 Å². The summed E-state index contributed by atoms with van der Waals surface area (Å²) < 4.78 is 7.49. The molecule has 0 fully saturated rings. The van der Waals surface area contributed by atoms with Crippen LogP contribution in [0.15, 0.2) is 30.6 Å². The Morgan fingerprint density at radius 1 is 1.30 bits per heavy atom. The van der Waals surface area contributed by atoms with Gasteiger partial charge in [-0.3, -0.25) is 0 Å². The van der Waals surface area contributed by atoms with Crippen LogP contribution in [0.2, 0.25) is 0 Å². The molecule has 1 aromatic heterocycles. The summed E-state index contributed by atoms with van der Waals surface area (Å²) in [6.07, 6.45) is 4.82. The van der Waals surface area contributed by atoms with E-state index in [1.807, 2.05) is 19.3 Å². The molecular weight excluding hydrogens is 250 g/mol. The fraction of sp³-hybridized carbons (Fsp3) is 0.438. The first-order chi connectivity index (χ1) is 9.70. The van der Waals surface area contributed by atoms with Crippen molar-refractivity contribution in [2.75, 3.05) is 18.5 Å². The summed E-state index contributed by atoms with van der Waals surface area (Å²) >= 11 is 0. The highest BCUT2D eigenvalue weighted by Crippen LogP contribution is 2.20. The molecule has 1 heterocycles. The normalized spacial score (nSPS) is 10.8. The molecule has 0 radical (unpaired) electrons. The van der Waals surface area contributed by atoms with Gasteiger partial charge in [0.05, 0.1) is 0 Å². The molecule has 1 N–H and O–H groups in total. The van der Waals surface area contributed by atoms with Gasteiger partial charge in [-0.2, -0.15) is 0 Å². The average molecular weight is 273 g/mol. The zero-order chi connectivity index (χ0) is 14.4. The van der Waals surface area contributed by atoms with Crippen LogP contribution in [-0.2, 0) is 11.3 Å². The second kappa shape index (κ2) is 7.10. The fourth-order valence-electron chi connectivity index (χ4n) is 2.17. The van der Waals surface area contributed by atoms with E-state index in [2.05, 4.69) is 46.9 Å². The van der Waals surface area contributed by atoms with Crippen molar-refractivity contribution in [1.82, 2.24) is 9.55 Å². The molecule has 0 amide bonds. The van der Waals surface area contributed by atoms with Gasteiger partial charge < -0.3 is 14.6 Å². The zero-order valence-electron chi connectivity index (χ0n) is 12.5. The molecule has 0 saturated heterocycles. The van der Waals surface area contributed by atoms with E-state index < -0.39 is 0 Å². The van der Waals surface area contributed by atoms with E-state index in [1.54, 1.807) is 0 Å². The van der Waals surface area contributed by atoms with Crippen molar-refractivity contribution >= 4 is 11.6 Å². The van der Waals surface area contributed by atoms with Gasteiger partial charge >= 0.3 is 0 Å². The van der Waals surface area contributed by atoms with Crippen LogP contribution in [0.3, 0.4) is 0 Å². The molecule has 108 valence electrons. The Hall–Kier alpha value is -1.81. The van der Waals surface area contributed by atoms with Gasteiger partial charge in [-0.25, -0.2) is 4.98 Å². The number of rotatable bonds is 7. The molecule has 0 bridgehead atoms. The van der Waals surface area contributed by atoms with Gasteiger partial charge in [0, 0.05) is 37.8 Å². The zero-order valence-corrected chi connectivity index (χ0v) is 12.5. The standard InChI is InChI=1S/C16H23N3O/c1-4-20-11-5-9-19-10-8-17-16(19)18-15-7-6-13(2)12-14(15)3/h6-8,10,12H,4-5,9,11H2,1-3H3,(H,17,18). The van der Waals surface area contributed by atoms with Gasteiger partial charge in [-0.1, -0.05) is 17.7 Å². The maximum Gasteiger partial charge on any atom is 0.207 e. The minimum atomic E-state index is 0.775. The first kappa shape index (κ1) is 14.6. The van der Waals surface area contributed by atoms with E-state index in [9.17, 15) is 0 Å². The lowest BCUT2D eigenvalue weighted by molar-refractivity contribution is 0.142. The number of hydrogen-bond donors (Lipinski definition) is 1. The molecule has 4 nitrogen and oxygen atoms in total. The number of nitrogens with one attached hydrogen (secondary N) is 1. The topological polar surface area (TPSA) is 39.1 Å². The summed E-state index contributed by atoms with van der Waals surface area (Å²) in [7, 11) is 0. The molecule has 0 atom stereocenters. The minimum Gasteiger partial charge on any atom is -0.382 e. The van der Waals surface area contributed by atoms with Crippen molar-refractivity contribution in [2.24, 2.45) is 0 Å². The van der Waals surface area contributed by atoms with E-state index in [1.165, 1.54) is 11.1 Å². The Bertz CT molecular complexity index is 548. The maximum absolute atomic E-state index is 5.37. The van der Waals surface area contributed by atoms with E-state index in [0.29, 0.717) is 0 Å². The Labute approximate surface area is 120 Å². The van der Waals surface area contributed by atoms with Crippen LogP contribution < -0.4 is 5.32 Å². The number of imidazole rings is 1. The molecule has 2 aromatic rings. The summed E-state index contributed by atoms with van der Waals surface area (Å²) in [6, 6.07) is 6.38. The monoisotopic (exact) mass is 273 g/mol. The lowest BCUT2D eigenvalue weighted by Crippen LogP contribution is -2.06. The van der Waals surface area contributed by atoms with Crippen molar-refractivity contribution in [1.29, 1.82) is 0 Å². The van der Waals surface area contributed by atoms with Gasteiger partial charge in [0.15, 0.2) is 0 Å². The van der Waals surface area contributed by atoms with Crippen molar-refractivity contribution in [3.8, 4) is 0 Å². The Balaban J connectivity index is 2.01. The summed E-state index contributed by atoms with van der Waals surface area (Å²) in [4.78, 5) is 4.38. The van der Waals surface area contributed by atoms with Crippen LogP contribution in [0, 0.1) is 13.8 Å². The van der Waals surface area contributed by atoms with E-state index in [4.69, 9.17) is 4.74 Å². The van der Waals surface area contributed by atoms with Crippen LogP contribution >= 0.6 is 0 Å². The summed E-state index contributed by atoms with van der Waals surface area (Å²) in [5, 5.41) is 3.40. The third-order valence-corrected chi connectivity index (χ3v) is 3.24. The van der Waals surface area contributed by atoms with E-state index in [0.717, 1.165) is 37.8 Å². The molecule has 0 saturated carbocycles. The number of benzene rings is 1. The predicted molar refractivity (Wildman–Crippen MR) is 82.5 cm³/mol. The lowest BCUT2D eigenvalue weighted by Gasteiger charge is -2.12. The molecule has 1 aromatic carbocycles. The number of anilines is 2. The van der Waals surface area contributed by atoms with Crippen molar-refractivity contribution in [3.05, 3.63) is 41.7 Å². The van der Waals surface area contributed by atoms with Crippen LogP contribution in [0.25, 0.3) is 0 Å². The molecule has 0 aliphatic rings. The summed E-state index contributed by atoms with van der Waals surface area (Å²) in [6.45, 7) is 8.70. The molecule has 20 heavy (non-hydrogen) atoms. The quantitative estimate of drug-likeness (QED) is 0.782. The first-order valence-corrected chi connectivity index (χ1v) is 7.14. The first-order valence-electron chi connectivity index (χ1n) is 7.14. The smallest absolute Gasteiger partial charge is 0.207 e. The molecule has 0 aliphatic heterocycles. The maximum atomic E-state index is 5.37. The fourth-order valence-corrected chi connectivity index (χ4v) is 2.17. The van der Waals surface area contributed by atoms with Crippen LogP contribution in [-0.4, -0.2) is 22.8 Å². The highest BCUT2D eigenvalue weighted by atomic mass is 16.5. The van der Waals surface area contributed by atoms with Crippen LogP contribution in [0.4, 0.5) is 11.6 Å². The van der Waals surface area contributed by atoms with Crippen molar-refractivity contribution in [3.63, 3.8) is 0 Å². The largest absolute Gasteiger partial charge is 0.382 e. The van der Waals surface area contributed by atoms with Gasteiger partial charge in [0.25, 0.3) is 0 Å². The number of aryl methyl sites for hydroxylation is 3. The Morgan fingerprint density at radius 2 is 2.15 bits per heavy atom. The Morgan fingerprint density at radius 3 is 2.90 bits per heavy atom. The lowest BCUT2D eigenvalue weighted by atomic mass is 10.1. The van der Waals surface area contributed by atoms with Crippen molar-refractivity contribution < 1.29 is 4.74 Å². The molecule has 2 rings (SSSR count). The minimum absolute atomic E-state index is 0.775.